The minimum atomic E-state index is -0.288. The molecule has 0 fully saturated rings. The van der Waals surface area contributed by atoms with Crippen LogP contribution >= 0.6 is 0 Å². The lowest BCUT2D eigenvalue weighted by molar-refractivity contribution is 0.401. The molecule has 3 aliphatic rings. The van der Waals surface area contributed by atoms with Crippen LogP contribution in [0.1, 0.15) is 125 Å². The summed E-state index contributed by atoms with van der Waals surface area (Å²) < 4.78 is 0. The molecule has 0 radical (unpaired) electrons. The molecule has 8 nitrogen and oxygen atoms in total. The van der Waals surface area contributed by atoms with E-state index in [1.54, 1.807) is 36.9 Å². The summed E-state index contributed by atoms with van der Waals surface area (Å²) in [7, 11) is 0. The molecular weight excluding hydrogens is 1080 g/mol. The van der Waals surface area contributed by atoms with Crippen LogP contribution in [0, 0.1) is 16.2 Å². The molecule has 438 valence electrons. The van der Waals surface area contributed by atoms with Crippen molar-refractivity contribution < 1.29 is 0 Å². The maximum Gasteiger partial charge on any atom is 0.117 e. The van der Waals surface area contributed by atoms with E-state index in [9.17, 15) is 16.2 Å². The Labute approximate surface area is 521 Å². The Hall–Kier alpha value is -10.2. The van der Waals surface area contributed by atoms with Gasteiger partial charge < -0.3 is 5.73 Å². The van der Waals surface area contributed by atoms with Crippen molar-refractivity contribution in [1.82, 2.24) is 9.97 Å². The highest BCUT2D eigenvalue weighted by atomic mass is 15.3. The highest BCUT2D eigenvalue weighted by Crippen LogP contribution is 2.56. The van der Waals surface area contributed by atoms with Crippen molar-refractivity contribution >= 4 is 121 Å². The molecule has 8 heteroatoms. The molecule has 0 saturated heterocycles. The normalized spacial score (nSPS) is 14.8. The Morgan fingerprint density at radius 3 is 1.30 bits per heavy atom. The van der Waals surface area contributed by atoms with Crippen LogP contribution in [0.3, 0.4) is 0 Å². The number of fused-ring (bicyclic) bond motifs is 3. The SMILES string of the molecule is CC.CCCCCCC1(CCCCCC)c2cc(C3=CC=C(c4ccc5ccc6cccc7ccc4c5c67)C(=N)C3=N)ccc2-c2ccc(C3=CC=C(c4ccc5ccc6cccc7ccc4c5c67)C(=N)/C3=N\Nc3ccncc3)cc21.Nc1ccncc1. The summed E-state index contributed by atoms with van der Waals surface area (Å²) in [6.45, 7) is 8.58. The van der Waals surface area contributed by atoms with Gasteiger partial charge in [0, 0.05) is 58.2 Å². The van der Waals surface area contributed by atoms with E-state index in [0.717, 1.165) is 118 Å². The maximum atomic E-state index is 10.2. The summed E-state index contributed by atoms with van der Waals surface area (Å²) >= 11 is 0. The van der Waals surface area contributed by atoms with Crippen molar-refractivity contribution in [3.63, 3.8) is 0 Å². The number of nitrogens with two attached hydrogens (primary N) is 1. The Kier molecular flexibility index (Phi) is 16.2. The number of benzene rings is 10. The summed E-state index contributed by atoms with van der Waals surface area (Å²) in [6.07, 6.45) is 26.6. The van der Waals surface area contributed by atoms with Crippen molar-refractivity contribution in [2.45, 2.75) is 97.3 Å². The van der Waals surface area contributed by atoms with E-state index < -0.39 is 0 Å². The fraction of sp³-hybridized carbons (Fsp3) is 0.185. The second-order valence-electron chi connectivity index (χ2n) is 23.7. The van der Waals surface area contributed by atoms with E-state index in [2.05, 4.69) is 199 Å². The zero-order valence-corrected chi connectivity index (χ0v) is 51.3. The fourth-order valence-electron chi connectivity index (χ4n) is 14.3. The quantitative estimate of drug-likeness (QED) is 0.0284. The Balaban J connectivity index is 0.000000752. The second kappa shape index (κ2) is 24.9. The summed E-state index contributed by atoms with van der Waals surface area (Å²) in [5.74, 6) is 0. The van der Waals surface area contributed by atoms with Crippen LogP contribution in [0.2, 0.25) is 0 Å². The summed E-state index contributed by atoms with van der Waals surface area (Å²) in [5, 5.41) is 49.2. The lowest BCUT2D eigenvalue weighted by atomic mass is 9.69. The van der Waals surface area contributed by atoms with Crippen molar-refractivity contribution in [3.05, 3.63) is 252 Å². The number of hydrogen-bond acceptors (Lipinski definition) is 8. The number of hydrazone groups is 1. The van der Waals surface area contributed by atoms with Gasteiger partial charge in [-0.2, -0.15) is 5.10 Å². The lowest BCUT2D eigenvalue weighted by Crippen LogP contribution is -2.26. The minimum Gasteiger partial charge on any atom is -0.399 e. The van der Waals surface area contributed by atoms with E-state index in [-0.39, 0.29) is 16.8 Å². The van der Waals surface area contributed by atoms with Crippen molar-refractivity contribution in [2.75, 3.05) is 11.2 Å². The van der Waals surface area contributed by atoms with Gasteiger partial charge in [-0.15, -0.1) is 0 Å². The number of hydrogen-bond donors (Lipinski definition) is 5. The monoisotopic (exact) mass is 1160 g/mol. The highest BCUT2D eigenvalue weighted by Gasteiger charge is 2.43. The Morgan fingerprint density at radius 1 is 0.416 bits per heavy atom. The number of aromatic nitrogens is 2. The summed E-state index contributed by atoms with van der Waals surface area (Å²) in [4.78, 5) is 8.02. The van der Waals surface area contributed by atoms with E-state index in [1.807, 2.05) is 26.0 Å². The second-order valence-corrected chi connectivity index (χ2v) is 23.7. The van der Waals surface area contributed by atoms with Crippen LogP contribution in [0.15, 0.2) is 224 Å². The number of nitrogens with one attached hydrogen (secondary N) is 4. The Bertz CT molecular complexity index is 4820. The predicted octanol–water partition coefficient (Wildman–Crippen LogP) is 21.3. The number of pyridine rings is 2. The van der Waals surface area contributed by atoms with Gasteiger partial charge in [0.25, 0.3) is 0 Å². The lowest BCUT2D eigenvalue weighted by Gasteiger charge is -2.34. The van der Waals surface area contributed by atoms with Crippen LogP contribution in [-0.2, 0) is 5.41 Å². The predicted molar refractivity (Wildman–Crippen MR) is 381 cm³/mol. The van der Waals surface area contributed by atoms with Gasteiger partial charge in [-0.25, -0.2) is 0 Å². The van der Waals surface area contributed by atoms with E-state index in [4.69, 9.17) is 10.8 Å². The first-order chi connectivity index (χ1) is 43.7. The molecule has 12 aromatic rings. The van der Waals surface area contributed by atoms with Gasteiger partial charge in [0.15, 0.2) is 0 Å². The topological polar surface area (TPSA) is 148 Å². The summed E-state index contributed by atoms with van der Waals surface area (Å²) in [5.41, 5.74) is 23.8. The molecule has 2 heterocycles. The third kappa shape index (κ3) is 10.5. The average molecular weight is 1160 g/mol. The van der Waals surface area contributed by atoms with Crippen LogP contribution < -0.4 is 11.2 Å². The molecule has 0 amide bonds. The molecule has 0 saturated carbocycles. The third-order valence-corrected chi connectivity index (χ3v) is 18.6. The number of anilines is 2. The first-order valence-electron chi connectivity index (χ1n) is 31.9. The van der Waals surface area contributed by atoms with Crippen molar-refractivity contribution in [1.29, 1.82) is 16.2 Å². The van der Waals surface area contributed by atoms with Gasteiger partial charge in [-0.1, -0.05) is 237 Å². The van der Waals surface area contributed by atoms with E-state index in [0.29, 0.717) is 11.4 Å². The molecule has 0 bridgehead atoms. The van der Waals surface area contributed by atoms with Gasteiger partial charge in [0.2, 0.25) is 0 Å². The molecule has 0 atom stereocenters. The van der Waals surface area contributed by atoms with Crippen molar-refractivity contribution in [3.8, 4) is 11.1 Å². The molecular formula is C81H74N8. The van der Waals surface area contributed by atoms with Gasteiger partial charge in [-0.3, -0.25) is 31.6 Å². The van der Waals surface area contributed by atoms with Gasteiger partial charge in [0.1, 0.15) is 5.71 Å². The van der Waals surface area contributed by atoms with Gasteiger partial charge >= 0.3 is 0 Å². The number of rotatable bonds is 16. The smallest absolute Gasteiger partial charge is 0.117 e. The molecule has 2 aromatic heterocycles. The third-order valence-electron chi connectivity index (χ3n) is 18.6. The maximum absolute atomic E-state index is 10.2. The molecule has 10 aromatic carbocycles. The Morgan fingerprint density at radius 2 is 0.820 bits per heavy atom. The van der Waals surface area contributed by atoms with E-state index >= 15 is 0 Å². The fourth-order valence-corrected chi connectivity index (χ4v) is 14.3. The minimum absolute atomic E-state index is 0.245. The van der Waals surface area contributed by atoms with Gasteiger partial charge in [-0.05, 0) is 158 Å². The van der Waals surface area contributed by atoms with Crippen LogP contribution in [-0.4, -0.2) is 32.8 Å². The zero-order chi connectivity index (χ0) is 61.2. The largest absolute Gasteiger partial charge is 0.399 e. The number of unbranched alkanes of at least 4 members (excludes halogenated alkanes) is 6. The molecule has 6 N–H and O–H groups in total. The number of allylic oxidation sites excluding steroid dienone is 8. The average Bonchev–Trinajstić information content (AvgIpc) is 1.75. The first kappa shape index (κ1) is 57.9. The van der Waals surface area contributed by atoms with Gasteiger partial charge in [0.05, 0.1) is 22.8 Å². The highest BCUT2D eigenvalue weighted by molar-refractivity contribution is 6.70. The number of nitrogen functional groups attached to an aromatic ring is 1. The molecule has 89 heavy (non-hydrogen) atoms. The van der Waals surface area contributed by atoms with Crippen LogP contribution in [0.4, 0.5) is 11.4 Å². The molecule has 15 rings (SSSR count). The van der Waals surface area contributed by atoms with Crippen LogP contribution in [0.25, 0.3) is 98.1 Å². The van der Waals surface area contributed by atoms with Crippen LogP contribution in [0.5, 0.6) is 0 Å². The molecule has 0 aliphatic heterocycles. The molecule has 0 spiro atoms. The zero-order valence-electron chi connectivity index (χ0n) is 51.3. The van der Waals surface area contributed by atoms with E-state index in [1.165, 1.54) is 89.0 Å². The number of nitrogens with zero attached hydrogens (tertiary/aromatic N) is 3. The standard InChI is InChI=1S/C74H62N6.C5H6N2.C2H6/c1-3-5-7-9-39-74(40-10-8-6-4-2)64-43-51(54-33-35-62(71(76)70(54)75)56-27-21-49-19-17-45-13-11-15-47-23-31-60(56)68(49)66(45)47)25-29-58(64)59-30-26-52(44-65(59)74)55-34-36-63(72(77)73(55)80-79-53-37-41-78-42-38-53)57-28-22-50-20-18-46-14-12-16-48-24-32-61(57)69(50)67(46)48;6-5-1-3-7-4-2-5;1-2/h11-38,41-44,75-77H,3-10,39-40H2,1-2H3,(H,78,79);1-4H,(H2,6,7);1-2H3/b75-70?,76-71?,77-72?,80-73-;;. The van der Waals surface area contributed by atoms with Crippen molar-refractivity contribution in [2.24, 2.45) is 5.10 Å². The molecule has 0 unspecified atom stereocenters. The molecule has 3 aliphatic carbocycles. The first-order valence-corrected chi connectivity index (χ1v) is 31.9. The summed E-state index contributed by atoms with van der Waals surface area (Å²) in [6, 6.07) is 60.5.